The van der Waals surface area contributed by atoms with Crippen LogP contribution < -0.4 is 10.6 Å². The van der Waals surface area contributed by atoms with Crippen LogP contribution in [0.2, 0.25) is 0 Å². The number of carbonyl (C=O) groups excluding carboxylic acids is 1. The van der Waals surface area contributed by atoms with Crippen LogP contribution in [0.5, 0.6) is 0 Å². The molecular formula is C19H25N5O. The Morgan fingerprint density at radius 3 is 2.80 bits per heavy atom. The molecule has 0 saturated carbocycles. The van der Waals surface area contributed by atoms with Crippen molar-refractivity contribution in [2.24, 2.45) is 7.05 Å². The fourth-order valence-electron chi connectivity index (χ4n) is 3.85. The zero-order valence-electron chi connectivity index (χ0n) is 14.7. The van der Waals surface area contributed by atoms with E-state index in [-0.39, 0.29) is 11.9 Å². The van der Waals surface area contributed by atoms with Crippen molar-refractivity contribution in [2.75, 3.05) is 32.7 Å². The first-order chi connectivity index (χ1) is 12.2. The number of hydrogen-bond acceptors (Lipinski definition) is 4. The van der Waals surface area contributed by atoms with Gasteiger partial charge in [0, 0.05) is 44.6 Å². The number of imidazole rings is 1. The van der Waals surface area contributed by atoms with Gasteiger partial charge in [-0.15, -0.1) is 0 Å². The normalized spacial score (nSPS) is 20.8. The van der Waals surface area contributed by atoms with E-state index in [4.69, 9.17) is 0 Å². The highest BCUT2D eigenvalue weighted by Gasteiger charge is 2.31. The summed E-state index contributed by atoms with van der Waals surface area (Å²) in [6.45, 7) is 4.26. The van der Waals surface area contributed by atoms with Gasteiger partial charge >= 0.3 is 0 Å². The summed E-state index contributed by atoms with van der Waals surface area (Å²) < 4.78 is 2.00. The van der Waals surface area contributed by atoms with Gasteiger partial charge in [0.2, 0.25) is 0 Å². The van der Waals surface area contributed by atoms with Crippen molar-refractivity contribution in [3.63, 3.8) is 0 Å². The largest absolute Gasteiger partial charge is 0.336 e. The van der Waals surface area contributed by atoms with Crippen LogP contribution in [0.25, 0.3) is 0 Å². The van der Waals surface area contributed by atoms with Crippen LogP contribution >= 0.6 is 0 Å². The maximum Gasteiger partial charge on any atom is 0.254 e. The van der Waals surface area contributed by atoms with Crippen molar-refractivity contribution in [3.05, 3.63) is 53.1 Å². The smallest absolute Gasteiger partial charge is 0.254 e. The molecule has 1 fully saturated rings. The Balaban J connectivity index is 1.62. The lowest BCUT2D eigenvalue weighted by Gasteiger charge is -2.36. The van der Waals surface area contributed by atoms with Crippen LogP contribution in [0, 0.1) is 0 Å². The third kappa shape index (κ3) is 3.19. The molecule has 0 spiro atoms. The fourth-order valence-corrected chi connectivity index (χ4v) is 3.85. The molecule has 2 aliphatic heterocycles. The van der Waals surface area contributed by atoms with Gasteiger partial charge in [-0.05, 0) is 49.2 Å². The van der Waals surface area contributed by atoms with Gasteiger partial charge < -0.3 is 20.1 Å². The molecule has 6 nitrogen and oxygen atoms in total. The molecule has 1 aromatic carbocycles. The van der Waals surface area contributed by atoms with E-state index in [0.29, 0.717) is 6.54 Å². The van der Waals surface area contributed by atoms with Crippen molar-refractivity contribution in [1.82, 2.24) is 25.1 Å². The lowest BCUT2D eigenvalue weighted by Crippen LogP contribution is -2.49. The van der Waals surface area contributed by atoms with Gasteiger partial charge in [-0.1, -0.05) is 6.07 Å². The first-order valence-electron chi connectivity index (χ1n) is 9.05. The lowest BCUT2D eigenvalue weighted by atomic mass is 9.99. The van der Waals surface area contributed by atoms with Crippen LogP contribution in [0.4, 0.5) is 0 Å². The summed E-state index contributed by atoms with van der Waals surface area (Å²) in [6, 6.07) is 6.20. The van der Waals surface area contributed by atoms with Gasteiger partial charge in [0.05, 0.1) is 0 Å². The highest BCUT2D eigenvalue weighted by atomic mass is 16.2. The third-order valence-corrected chi connectivity index (χ3v) is 5.26. The second-order valence-electron chi connectivity index (χ2n) is 6.85. The van der Waals surface area contributed by atoms with Gasteiger partial charge in [0.25, 0.3) is 5.91 Å². The molecule has 4 rings (SSSR count). The molecule has 6 heteroatoms. The highest BCUT2D eigenvalue weighted by molar-refractivity contribution is 5.95. The van der Waals surface area contributed by atoms with E-state index in [0.717, 1.165) is 50.4 Å². The molecule has 1 amide bonds. The van der Waals surface area contributed by atoms with Crippen LogP contribution in [-0.2, 0) is 19.9 Å². The molecule has 2 aromatic rings. The quantitative estimate of drug-likeness (QED) is 0.853. The second kappa shape index (κ2) is 6.98. The Morgan fingerprint density at radius 1 is 1.16 bits per heavy atom. The molecule has 3 heterocycles. The number of benzene rings is 1. The molecular weight excluding hydrogens is 314 g/mol. The third-order valence-electron chi connectivity index (χ3n) is 5.26. The van der Waals surface area contributed by atoms with Crippen molar-refractivity contribution in [3.8, 4) is 0 Å². The standard InChI is InChI=1S/C19H25N5O/c1-23-10-9-22-18(23)17-13-21-8-11-24(17)19(25)16-3-2-14-4-6-20-7-5-15(14)12-16/h2-3,9-10,12,17,20-21H,4-8,11,13H2,1H3. The van der Waals surface area contributed by atoms with Crippen LogP contribution in [0.3, 0.4) is 0 Å². The number of hydrogen-bond donors (Lipinski definition) is 2. The van der Waals surface area contributed by atoms with Gasteiger partial charge in [-0.25, -0.2) is 4.98 Å². The maximum atomic E-state index is 13.2. The number of rotatable bonds is 2. The van der Waals surface area contributed by atoms with E-state index in [2.05, 4.69) is 27.8 Å². The Labute approximate surface area is 148 Å². The van der Waals surface area contributed by atoms with Crippen LogP contribution in [-0.4, -0.2) is 53.1 Å². The van der Waals surface area contributed by atoms with Crippen LogP contribution in [0.1, 0.15) is 33.4 Å². The zero-order valence-corrected chi connectivity index (χ0v) is 14.7. The van der Waals surface area contributed by atoms with E-state index in [1.165, 1.54) is 11.1 Å². The number of nitrogens with one attached hydrogen (secondary N) is 2. The van der Waals surface area contributed by atoms with E-state index < -0.39 is 0 Å². The molecule has 0 radical (unpaired) electrons. The van der Waals surface area contributed by atoms with Crippen molar-refractivity contribution in [1.29, 1.82) is 0 Å². The summed E-state index contributed by atoms with van der Waals surface area (Å²) in [7, 11) is 1.98. The number of aryl methyl sites for hydroxylation is 1. The van der Waals surface area contributed by atoms with Gasteiger partial charge in [0.15, 0.2) is 0 Å². The van der Waals surface area contributed by atoms with Crippen molar-refractivity contribution >= 4 is 5.91 Å². The molecule has 1 saturated heterocycles. The summed E-state index contributed by atoms with van der Waals surface area (Å²) in [4.78, 5) is 19.7. The minimum Gasteiger partial charge on any atom is -0.336 e. The van der Waals surface area contributed by atoms with Gasteiger partial charge in [0.1, 0.15) is 11.9 Å². The number of aromatic nitrogens is 2. The summed E-state index contributed by atoms with van der Waals surface area (Å²) in [5.41, 5.74) is 3.46. The average Bonchev–Trinajstić information content (AvgIpc) is 2.93. The summed E-state index contributed by atoms with van der Waals surface area (Å²) in [5.74, 6) is 1.04. The van der Waals surface area contributed by atoms with E-state index in [1.807, 2.05) is 28.8 Å². The predicted molar refractivity (Wildman–Crippen MR) is 96.6 cm³/mol. The number of carbonyl (C=O) groups is 1. The number of fused-ring (bicyclic) bond motifs is 1. The van der Waals surface area contributed by atoms with Crippen molar-refractivity contribution < 1.29 is 4.79 Å². The fraction of sp³-hybridized carbons (Fsp3) is 0.474. The zero-order chi connectivity index (χ0) is 17.2. The molecule has 1 atom stereocenters. The van der Waals surface area contributed by atoms with Crippen LogP contribution in [0.15, 0.2) is 30.6 Å². The molecule has 2 aliphatic rings. The first-order valence-corrected chi connectivity index (χ1v) is 9.05. The van der Waals surface area contributed by atoms with E-state index >= 15 is 0 Å². The minimum absolute atomic E-state index is 0.0262. The monoisotopic (exact) mass is 339 g/mol. The summed E-state index contributed by atoms with van der Waals surface area (Å²) in [5, 5.41) is 6.81. The molecule has 1 aromatic heterocycles. The number of amides is 1. The van der Waals surface area contributed by atoms with Gasteiger partial charge in [-0.2, -0.15) is 0 Å². The number of piperazine rings is 1. The molecule has 132 valence electrons. The SMILES string of the molecule is Cn1ccnc1C1CNCCN1C(=O)c1ccc2c(c1)CCNCC2. The second-order valence-corrected chi connectivity index (χ2v) is 6.85. The highest BCUT2D eigenvalue weighted by Crippen LogP contribution is 2.24. The first kappa shape index (κ1) is 16.3. The predicted octanol–water partition coefficient (Wildman–Crippen LogP) is 0.895. The maximum absolute atomic E-state index is 13.2. The Kier molecular flexibility index (Phi) is 4.55. The topological polar surface area (TPSA) is 62.2 Å². The Morgan fingerprint density at radius 2 is 2.00 bits per heavy atom. The minimum atomic E-state index is -0.0262. The van der Waals surface area contributed by atoms with E-state index in [1.54, 1.807) is 6.20 Å². The average molecular weight is 339 g/mol. The number of nitrogens with zero attached hydrogens (tertiary/aromatic N) is 3. The lowest BCUT2D eigenvalue weighted by molar-refractivity contribution is 0.0620. The molecule has 1 unspecified atom stereocenters. The Bertz CT molecular complexity index is 769. The van der Waals surface area contributed by atoms with Gasteiger partial charge in [-0.3, -0.25) is 4.79 Å². The molecule has 0 aliphatic carbocycles. The van der Waals surface area contributed by atoms with Crippen molar-refractivity contribution in [2.45, 2.75) is 18.9 Å². The molecule has 0 bridgehead atoms. The van der Waals surface area contributed by atoms with E-state index in [9.17, 15) is 4.79 Å². The molecule has 25 heavy (non-hydrogen) atoms. The molecule has 2 N–H and O–H groups in total. The summed E-state index contributed by atoms with van der Waals surface area (Å²) >= 11 is 0. The summed E-state index contributed by atoms with van der Waals surface area (Å²) in [6.07, 6.45) is 5.75. The Hall–Kier alpha value is -2.18.